The van der Waals surface area contributed by atoms with Gasteiger partial charge < -0.3 is 10.1 Å². The van der Waals surface area contributed by atoms with Gasteiger partial charge >= 0.3 is 5.91 Å². The number of amides is 1. The summed E-state index contributed by atoms with van der Waals surface area (Å²) in [7, 11) is 0. The van der Waals surface area contributed by atoms with Gasteiger partial charge in [-0.05, 0) is 42.5 Å². The number of carbonyl (C=O) groups is 1. The third kappa shape index (κ3) is 6.98. The number of nitrogens with zero attached hydrogens (tertiary/aromatic N) is 2. The lowest BCUT2D eigenvalue weighted by Gasteiger charge is -2.21. The minimum atomic E-state index is -1.00. The van der Waals surface area contributed by atoms with Gasteiger partial charge in [-0.1, -0.05) is 41.9 Å². The molecule has 0 spiro atoms. The Morgan fingerprint density at radius 3 is 2.91 bits per heavy atom. The van der Waals surface area contributed by atoms with Gasteiger partial charge in [0, 0.05) is 44.9 Å². The van der Waals surface area contributed by atoms with E-state index in [1.54, 1.807) is 6.07 Å². The van der Waals surface area contributed by atoms with Crippen LogP contribution >= 0.6 is 11.6 Å². The van der Waals surface area contributed by atoms with Gasteiger partial charge in [0.25, 0.3) is 0 Å². The van der Waals surface area contributed by atoms with Crippen molar-refractivity contribution in [2.75, 3.05) is 25.0 Å². The van der Waals surface area contributed by atoms with Crippen molar-refractivity contribution in [3.63, 3.8) is 0 Å². The number of hydrogen-bond donors (Lipinski definition) is 2. The van der Waals surface area contributed by atoms with Crippen molar-refractivity contribution >= 4 is 29.4 Å². The number of anilines is 1. The molecular formula is C24H28ClFN4O3. The minimum absolute atomic E-state index is 0.224. The molecule has 1 amide bonds. The van der Waals surface area contributed by atoms with Crippen molar-refractivity contribution in [3.05, 3.63) is 64.6 Å². The molecule has 1 unspecified atom stereocenters. The SMILES string of the molecule is O=C(NOC1CCCCO1)C(F)=Cc1cnc(N[C@@H]2CCN(Cc3ccccc3)C2)c(Cl)c1. The summed E-state index contributed by atoms with van der Waals surface area (Å²) < 4.78 is 19.6. The molecule has 0 radical (unpaired) electrons. The maximum Gasteiger partial charge on any atom is 0.303 e. The first-order valence-electron chi connectivity index (χ1n) is 11.2. The van der Waals surface area contributed by atoms with Crippen molar-refractivity contribution in [2.45, 2.75) is 44.6 Å². The number of benzene rings is 1. The maximum atomic E-state index is 14.3. The number of aromatic nitrogens is 1. The van der Waals surface area contributed by atoms with Gasteiger partial charge in [-0.3, -0.25) is 9.69 Å². The highest BCUT2D eigenvalue weighted by atomic mass is 35.5. The second-order valence-corrected chi connectivity index (χ2v) is 8.69. The first kappa shape index (κ1) is 23.6. The fourth-order valence-electron chi connectivity index (χ4n) is 3.95. The van der Waals surface area contributed by atoms with Gasteiger partial charge in [-0.25, -0.2) is 19.7 Å². The molecule has 1 aromatic heterocycles. The summed E-state index contributed by atoms with van der Waals surface area (Å²) in [5, 5.41) is 3.74. The van der Waals surface area contributed by atoms with Gasteiger partial charge in [0.1, 0.15) is 5.82 Å². The second kappa shape index (κ2) is 11.6. The zero-order valence-electron chi connectivity index (χ0n) is 18.3. The van der Waals surface area contributed by atoms with Crippen molar-refractivity contribution < 1.29 is 18.8 Å². The molecule has 0 saturated carbocycles. The lowest BCUT2D eigenvalue weighted by molar-refractivity contribution is -0.199. The number of hydroxylamine groups is 1. The first-order chi connectivity index (χ1) is 16.1. The fraction of sp³-hybridized carbons (Fsp3) is 0.417. The van der Waals surface area contributed by atoms with Crippen LogP contribution in [0.25, 0.3) is 6.08 Å². The van der Waals surface area contributed by atoms with E-state index in [2.05, 4.69) is 32.8 Å². The lowest BCUT2D eigenvalue weighted by atomic mass is 10.2. The van der Waals surface area contributed by atoms with Gasteiger partial charge in [-0.2, -0.15) is 0 Å². The molecule has 2 saturated heterocycles. The topological polar surface area (TPSA) is 75.7 Å². The van der Waals surface area contributed by atoms with Gasteiger partial charge in [-0.15, -0.1) is 0 Å². The van der Waals surface area contributed by atoms with Crippen molar-refractivity contribution in [1.29, 1.82) is 0 Å². The number of nitrogens with one attached hydrogen (secondary N) is 2. The Kier molecular flexibility index (Phi) is 8.28. The van der Waals surface area contributed by atoms with Gasteiger partial charge in [0.05, 0.1) is 5.02 Å². The highest BCUT2D eigenvalue weighted by Gasteiger charge is 2.23. The number of ether oxygens (including phenoxy) is 1. The van der Waals surface area contributed by atoms with Crippen LogP contribution in [0.15, 0.2) is 48.4 Å². The van der Waals surface area contributed by atoms with Crippen LogP contribution in [0.1, 0.15) is 36.8 Å². The smallest absolute Gasteiger partial charge is 0.303 e. The third-order valence-electron chi connectivity index (χ3n) is 5.66. The molecule has 2 N–H and O–H groups in total. The fourth-order valence-corrected chi connectivity index (χ4v) is 4.18. The van der Waals surface area contributed by atoms with E-state index < -0.39 is 18.0 Å². The largest absolute Gasteiger partial charge is 0.365 e. The molecule has 2 fully saturated rings. The van der Waals surface area contributed by atoms with E-state index in [0.29, 0.717) is 29.4 Å². The summed E-state index contributed by atoms with van der Waals surface area (Å²) in [6.45, 7) is 3.34. The van der Waals surface area contributed by atoms with E-state index >= 15 is 0 Å². The average molecular weight is 475 g/mol. The number of hydrogen-bond acceptors (Lipinski definition) is 6. The lowest BCUT2D eigenvalue weighted by Crippen LogP contribution is -2.33. The number of likely N-dealkylation sites (tertiary alicyclic amines) is 1. The van der Waals surface area contributed by atoms with Crippen LogP contribution in [0.4, 0.5) is 10.2 Å². The second-order valence-electron chi connectivity index (χ2n) is 8.29. The summed E-state index contributed by atoms with van der Waals surface area (Å²) in [4.78, 5) is 23.7. The Balaban J connectivity index is 1.28. The summed E-state index contributed by atoms with van der Waals surface area (Å²) >= 11 is 6.37. The first-order valence-corrected chi connectivity index (χ1v) is 11.6. The third-order valence-corrected chi connectivity index (χ3v) is 5.94. The van der Waals surface area contributed by atoms with E-state index in [0.717, 1.165) is 45.0 Å². The Bertz CT molecular complexity index is 969. The van der Waals surface area contributed by atoms with Crippen LogP contribution in [0.5, 0.6) is 0 Å². The van der Waals surface area contributed by atoms with Crippen LogP contribution in [0.3, 0.4) is 0 Å². The normalized spacial score (nSPS) is 21.7. The summed E-state index contributed by atoms with van der Waals surface area (Å²) in [6.07, 6.45) is 5.53. The quantitative estimate of drug-likeness (QED) is 0.438. The van der Waals surface area contributed by atoms with Crippen LogP contribution < -0.4 is 10.8 Å². The van der Waals surface area contributed by atoms with E-state index in [-0.39, 0.29) is 6.04 Å². The monoisotopic (exact) mass is 474 g/mol. The molecule has 9 heteroatoms. The zero-order chi connectivity index (χ0) is 23.0. The molecule has 7 nitrogen and oxygen atoms in total. The van der Waals surface area contributed by atoms with Crippen LogP contribution in [0, 0.1) is 0 Å². The van der Waals surface area contributed by atoms with Crippen LogP contribution in [-0.4, -0.2) is 47.8 Å². The number of halogens is 2. The van der Waals surface area contributed by atoms with E-state index in [1.165, 1.54) is 11.8 Å². The average Bonchev–Trinajstić information content (AvgIpc) is 3.27. The maximum absolute atomic E-state index is 14.3. The molecule has 2 aliphatic heterocycles. The summed E-state index contributed by atoms with van der Waals surface area (Å²) in [5.74, 6) is -1.44. The number of pyridine rings is 1. The molecule has 3 heterocycles. The minimum Gasteiger partial charge on any atom is -0.365 e. The summed E-state index contributed by atoms with van der Waals surface area (Å²) in [6, 6.07) is 12.2. The van der Waals surface area contributed by atoms with Gasteiger partial charge in [0.15, 0.2) is 12.1 Å². The highest BCUT2D eigenvalue weighted by Crippen LogP contribution is 2.25. The van der Waals surface area contributed by atoms with Crippen molar-refractivity contribution in [2.24, 2.45) is 0 Å². The van der Waals surface area contributed by atoms with E-state index in [1.807, 2.05) is 18.2 Å². The molecule has 33 heavy (non-hydrogen) atoms. The van der Waals surface area contributed by atoms with Crippen LogP contribution in [-0.2, 0) is 20.9 Å². The molecule has 176 valence electrons. The molecule has 1 aromatic carbocycles. The van der Waals surface area contributed by atoms with E-state index in [9.17, 15) is 9.18 Å². The van der Waals surface area contributed by atoms with E-state index in [4.69, 9.17) is 21.2 Å². The molecule has 4 rings (SSSR count). The Hall–Kier alpha value is -2.52. The summed E-state index contributed by atoms with van der Waals surface area (Å²) in [5.41, 5.74) is 3.75. The zero-order valence-corrected chi connectivity index (χ0v) is 19.1. The molecule has 0 aliphatic carbocycles. The predicted molar refractivity (Wildman–Crippen MR) is 125 cm³/mol. The predicted octanol–water partition coefficient (Wildman–Crippen LogP) is 4.31. The molecule has 2 aromatic rings. The van der Waals surface area contributed by atoms with Crippen LogP contribution in [0.2, 0.25) is 5.02 Å². The Morgan fingerprint density at radius 2 is 2.15 bits per heavy atom. The number of rotatable bonds is 8. The van der Waals surface area contributed by atoms with Gasteiger partial charge in [0.2, 0.25) is 0 Å². The molecule has 2 atom stereocenters. The Labute approximate surface area is 197 Å². The van der Waals surface area contributed by atoms with Crippen molar-refractivity contribution in [1.82, 2.24) is 15.4 Å². The Morgan fingerprint density at radius 1 is 1.30 bits per heavy atom. The molecular weight excluding hydrogens is 447 g/mol. The standard InChI is InChI=1S/C24H28ClFN4O3/c25-20-12-18(13-21(26)24(31)29-33-22-8-4-5-11-32-22)14-27-23(20)28-19-9-10-30(16-19)15-17-6-2-1-3-7-17/h1-3,6-7,12-14,19,22H,4-5,8-11,15-16H2,(H,27,28)(H,29,31)/t19-,22?/m1/s1. The van der Waals surface area contributed by atoms with Crippen molar-refractivity contribution in [3.8, 4) is 0 Å². The number of carbonyl (C=O) groups excluding carboxylic acids is 1. The highest BCUT2D eigenvalue weighted by molar-refractivity contribution is 6.33. The molecule has 0 bridgehead atoms. The molecule has 2 aliphatic rings.